The van der Waals surface area contributed by atoms with Gasteiger partial charge in [-0.1, -0.05) is 0 Å². The highest BCUT2D eigenvalue weighted by atomic mass is 32.2. The van der Waals surface area contributed by atoms with Crippen LogP contribution in [0, 0.1) is 17.1 Å². The molecule has 4 nitrogen and oxygen atoms in total. The van der Waals surface area contributed by atoms with E-state index in [2.05, 4.69) is 0 Å². The van der Waals surface area contributed by atoms with Crippen molar-refractivity contribution in [3.63, 3.8) is 0 Å². The van der Waals surface area contributed by atoms with Crippen molar-refractivity contribution in [3.8, 4) is 11.8 Å². The molecule has 18 heavy (non-hydrogen) atoms. The van der Waals surface area contributed by atoms with E-state index in [-0.39, 0.29) is 10.6 Å². The Balaban J connectivity index is 2.42. The molecule has 0 N–H and O–H groups in total. The maximum atomic E-state index is 13.6. The molecule has 1 saturated carbocycles. The van der Waals surface area contributed by atoms with Crippen LogP contribution < -0.4 is 4.74 Å². The predicted molar refractivity (Wildman–Crippen MR) is 62.3 cm³/mol. The molecule has 1 fully saturated rings. The summed E-state index contributed by atoms with van der Waals surface area (Å²) in [5, 5.41) is 8.91. The van der Waals surface area contributed by atoms with Crippen molar-refractivity contribution in [3.05, 3.63) is 24.0 Å². The van der Waals surface area contributed by atoms with Crippen LogP contribution in [0.4, 0.5) is 4.39 Å². The summed E-state index contributed by atoms with van der Waals surface area (Å²) < 4.78 is 41.5. The van der Waals surface area contributed by atoms with E-state index in [4.69, 9.17) is 10.00 Å². The molecule has 1 aliphatic carbocycles. The molecule has 1 aliphatic rings. The van der Waals surface area contributed by atoms with E-state index in [1.807, 2.05) is 6.07 Å². The van der Waals surface area contributed by atoms with Crippen LogP contribution in [0.25, 0.3) is 0 Å². The summed E-state index contributed by atoms with van der Waals surface area (Å²) in [4.78, 5) is -0.164. The van der Waals surface area contributed by atoms with Gasteiger partial charge in [0.2, 0.25) is 0 Å². The quantitative estimate of drug-likeness (QED) is 0.839. The van der Waals surface area contributed by atoms with Crippen molar-refractivity contribution in [2.45, 2.75) is 29.4 Å². The molecule has 0 atom stereocenters. The van der Waals surface area contributed by atoms with Crippen LogP contribution in [0.2, 0.25) is 0 Å². The lowest BCUT2D eigenvalue weighted by molar-refractivity contribution is 0.321. The highest BCUT2D eigenvalue weighted by Gasteiger charge is 2.56. The van der Waals surface area contributed by atoms with Gasteiger partial charge in [0, 0.05) is 0 Å². The molecule has 2 rings (SSSR count). The smallest absolute Gasteiger partial charge is 0.197 e. The average Bonchev–Trinajstić information content (AvgIpc) is 3.13. The third kappa shape index (κ3) is 1.85. The van der Waals surface area contributed by atoms with Gasteiger partial charge in [-0.2, -0.15) is 5.26 Å². The fourth-order valence-corrected chi connectivity index (χ4v) is 3.42. The fraction of sp³-hybridized carbons (Fsp3) is 0.417. The summed E-state index contributed by atoms with van der Waals surface area (Å²) in [6.45, 7) is 2.00. The van der Waals surface area contributed by atoms with Gasteiger partial charge in [-0.15, -0.1) is 0 Å². The van der Waals surface area contributed by atoms with Crippen molar-refractivity contribution in [2.75, 3.05) is 6.61 Å². The first-order chi connectivity index (χ1) is 8.47. The minimum Gasteiger partial charge on any atom is -0.491 e. The van der Waals surface area contributed by atoms with Crippen LogP contribution in [0.15, 0.2) is 23.1 Å². The standard InChI is InChI=1S/C12H12FNO3S/c1-2-17-11-4-3-9(7-10(11)13)18(15,16)12(8-14)5-6-12/h3-4,7H,2,5-6H2,1H3. The van der Waals surface area contributed by atoms with Gasteiger partial charge in [0.15, 0.2) is 26.2 Å². The zero-order chi connectivity index (χ0) is 13.4. The number of benzene rings is 1. The molecule has 0 aromatic heterocycles. The van der Waals surface area contributed by atoms with Gasteiger partial charge in [-0.25, -0.2) is 12.8 Å². The second kappa shape index (κ2) is 4.25. The predicted octanol–water partition coefficient (Wildman–Crippen LogP) is 2.05. The topological polar surface area (TPSA) is 67.2 Å². The van der Waals surface area contributed by atoms with Crippen LogP contribution in [0.5, 0.6) is 5.75 Å². The first-order valence-electron chi connectivity index (χ1n) is 5.55. The lowest BCUT2D eigenvalue weighted by Gasteiger charge is -2.10. The molecule has 0 amide bonds. The largest absolute Gasteiger partial charge is 0.491 e. The number of nitriles is 1. The maximum absolute atomic E-state index is 13.6. The lowest BCUT2D eigenvalue weighted by Crippen LogP contribution is -2.21. The monoisotopic (exact) mass is 269 g/mol. The molecule has 0 aliphatic heterocycles. The van der Waals surface area contributed by atoms with E-state index in [1.165, 1.54) is 12.1 Å². The third-order valence-corrected chi connectivity index (χ3v) is 5.34. The number of rotatable bonds is 4. The number of nitrogens with zero attached hydrogens (tertiary/aromatic N) is 1. The minimum atomic E-state index is -3.79. The fourth-order valence-electron chi connectivity index (χ4n) is 1.70. The number of sulfone groups is 1. The Bertz CT molecular complexity index is 615. The Hall–Kier alpha value is -1.61. The number of ether oxygens (including phenoxy) is 1. The minimum absolute atomic E-state index is 0.0123. The van der Waals surface area contributed by atoms with Crippen molar-refractivity contribution >= 4 is 9.84 Å². The summed E-state index contributed by atoms with van der Waals surface area (Å²) in [6.07, 6.45) is 0.612. The van der Waals surface area contributed by atoms with Crippen LogP contribution in [0.1, 0.15) is 19.8 Å². The summed E-state index contributed by atoms with van der Waals surface area (Å²) in [5.74, 6) is -0.718. The van der Waals surface area contributed by atoms with Gasteiger partial charge < -0.3 is 4.74 Å². The Morgan fingerprint density at radius 3 is 2.61 bits per heavy atom. The molecule has 0 radical (unpaired) electrons. The molecule has 0 saturated heterocycles. The van der Waals surface area contributed by atoms with Crippen LogP contribution >= 0.6 is 0 Å². The van der Waals surface area contributed by atoms with Gasteiger partial charge in [-0.3, -0.25) is 0 Å². The van der Waals surface area contributed by atoms with Crippen LogP contribution in [-0.2, 0) is 9.84 Å². The molecule has 0 spiro atoms. The number of halogens is 1. The zero-order valence-corrected chi connectivity index (χ0v) is 10.6. The van der Waals surface area contributed by atoms with Crippen LogP contribution in [0.3, 0.4) is 0 Å². The van der Waals surface area contributed by atoms with E-state index in [9.17, 15) is 12.8 Å². The Kier molecular flexibility index (Phi) is 3.03. The van der Waals surface area contributed by atoms with Gasteiger partial charge in [0.1, 0.15) is 0 Å². The maximum Gasteiger partial charge on any atom is 0.197 e. The molecular weight excluding hydrogens is 257 g/mol. The lowest BCUT2D eigenvalue weighted by atomic mass is 10.3. The van der Waals surface area contributed by atoms with Crippen molar-refractivity contribution in [2.24, 2.45) is 0 Å². The molecule has 0 unspecified atom stereocenters. The SMILES string of the molecule is CCOc1ccc(S(=O)(=O)C2(C#N)CC2)cc1F. The van der Waals surface area contributed by atoms with Gasteiger partial charge >= 0.3 is 0 Å². The highest BCUT2D eigenvalue weighted by molar-refractivity contribution is 7.93. The summed E-state index contributed by atoms with van der Waals surface area (Å²) in [7, 11) is -3.79. The van der Waals surface area contributed by atoms with E-state index in [1.54, 1.807) is 6.92 Å². The zero-order valence-electron chi connectivity index (χ0n) is 9.81. The van der Waals surface area contributed by atoms with Crippen molar-refractivity contribution in [1.82, 2.24) is 0 Å². The Labute approximate surface area is 105 Å². The number of hydrogen-bond donors (Lipinski definition) is 0. The second-order valence-corrected chi connectivity index (χ2v) is 6.39. The summed E-state index contributed by atoms with van der Waals surface area (Å²) in [5.41, 5.74) is 0. The first-order valence-corrected chi connectivity index (χ1v) is 7.03. The van der Waals surface area contributed by atoms with E-state index in [0.29, 0.717) is 19.4 Å². The van der Waals surface area contributed by atoms with Gasteiger partial charge in [0.05, 0.1) is 17.6 Å². The summed E-state index contributed by atoms with van der Waals surface area (Å²) in [6, 6.07) is 5.28. The summed E-state index contributed by atoms with van der Waals surface area (Å²) >= 11 is 0. The van der Waals surface area contributed by atoms with Crippen molar-refractivity contribution in [1.29, 1.82) is 5.26 Å². The highest BCUT2D eigenvalue weighted by Crippen LogP contribution is 2.46. The van der Waals surface area contributed by atoms with Gasteiger partial charge in [0.25, 0.3) is 0 Å². The molecule has 1 aromatic carbocycles. The average molecular weight is 269 g/mol. The molecule has 1 aromatic rings. The van der Waals surface area contributed by atoms with E-state index >= 15 is 0 Å². The van der Waals surface area contributed by atoms with Gasteiger partial charge in [-0.05, 0) is 38.0 Å². The normalized spacial score (nSPS) is 16.9. The Morgan fingerprint density at radius 2 is 2.17 bits per heavy atom. The second-order valence-electron chi connectivity index (χ2n) is 4.13. The third-order valence-electron chi connectivity index (χ3n) is 2.94. The molecular formula is C12H12FNO3S. The Morgan fingerprint density at radius 1 is 1.50 bits per heavy atom. The van der Waals surface area contributed by atoms with E-state index in [0.717, 1.165) is 6.07 Å². The van der Waals surface area contributed by atoms with E-state index < -0.39 is 20.4 Å². The number of hydrogen-bond acceptors (Lipinski definition) is 4. The van der Waals surface area contributed by atoms with Crippen molar-refractivity contribution < 1.29 is 17.5 Å². The molecule has 0 heterocycles. The molecule has 6 heteroatoms. The molecule has 0 bridgehead atoms. The van der Waals surface area contributed by atoms with Crippen LogP contribution in [-0.4, -0.2) is 19.8 Å². The molecule has 96 valence electrons. The first kappa shape index (κ1) is 12.8.